The molecule has 17 heavy (non-hydrogen) atoms. The molecular formula is C12H14ClFO3. The summed E-state index contributed by atoms with van der Waals surface area (Å²) in [6.45, 7) is 3.03. The van der Waals surface area contributed by atoms with Crippen LogP contribution in [-0.4, -0.2) is 16.2 Å². The molecule has 0 saturated heterocycles. The Balaban J connectivity index is 3.24. The molecule has 0 aliphatic heterocycles. The Kier molecular flexibility index (Phi) is 4.11. The average molecular weight is 261 g/mol. The van der Waals surface area contributed by atoms with Crippen LogP contribution >= 0.6 is 11.6 Å². The minimum absolute atomic E-state index is 0.0229. The number of hydrogen-bond acceptors (Lipinski definition) is 2. The number of aliphatic carboxylic acids is 1. The lowest BCUT2D eigenvalue weighted by Gasteiger charge is -2.30. The molecular weight excluding hydrogens is 247 g/mol. The number of aliphatic hydroxyl groups is 1. The maximum atomic E-state index is 12.9. The van der Waals surface area contributed by atoms with Crippen LogP contribution in [0, 0.1) is 11.7 Å². The SMILES string of the molecule is CCC(C(=O)O)C(C)(O)c1ccc(F)cc1Cl. The van der Waals surface area contributed by atoms with Crippen LogP contribution in [0.2, 0.25) is 5.02 Å². The summed E-state index contributed by atoms with van der Waals surface area (Å²) in [6.07, 6.45) is 0.246. The summed E-state index contributed by atoms with van der Waals surface area (Å²) in [4.78, 5) is 11.1. The normalized spacial score (nSPS) is 16.3. The van der Waals surface area contributed by atoms with Crippen molar-refractivity contribution in [1.29, 1.82) is 0 Å². The van der Waals surface area contributed by atoms with Crippen molar-refractivity contribution in [2.75, 3.05) is 0 Å². The number of hydrogen-bond donors (Lipinski definition) is 2. The molecule has 0 spiro atoms. The fourth-order valence-electron chi connectivity index (χ4n) is 1.90. The highest BCUT2D eigenvalue weighted by atomic mass is 35.5. The van der Waals surface area contributed by atoms with Gasteiger partial charge < -0.3 is 10.2 Å². The first kappa shape index (κ1) is 13.9. The van der Waals surface area contributed by atoms with Gasteiger partial charge in [0.1, 0.15) is 11.4 Å². The van der Waals surface area contributed by atoms with Crippen LogP contribution in [0.1, 0.15) is 25.8 Å². The molecule has 0 aliphatic carbocycles. The standard InChI is InChI=1S/C12H14ClFO3/c1-3-8(11(15)16)12(2,17)9-5-4-7(14)6-10(9)13/h4-6,8,17H,3H2,1-2H3,(H,15,16). The predicted octanol–water partition coefficient (Wildman–Crippen LogP) is 2.80. The van der Waals surface area contributed by atoms with E-state index in [1.165, 1.54) is 13.0 Å². The van der Waals surface area contributed by atoms with Crippen molar-refractivity contribution in [3.63, 3.8) is 0 Å². The lowest BCUT2D eigenvalue weighted by atomic mass is 9.81. The van der Waals surface area contributed by atoms with Crippen molar-refractivity contribution in [3.8, 4) is 0 Å². The topological polar surface area (TPSA) is 57.5 Å². The maximum absolute atomic E-state index is 12.9. The van der Waals surface area contributed by atoms with Crippen LogP contribution < -0.4 is 0 Å². The van der Waals surface area contributed by atoms with Gasteiger partial charge in [0.25, 0.3) is 0 Å². The number of rotatable bonds is 4. The molecule has 0 amide bonds. The van der Waals surface area contributed by atoms with E-state index in [1.807, 2.05) is 0 Å². The van der Waals surface area contributed by atoms with Crippen molar-refractivity contribution in [2.45, 2.75) is 25.9 Å². The van der Waals surface area contributed by atoms with E-state index < -0.39 is 23.3 Å². The van der Waals surface area contributed by atoms with Crippen LogP contribution in [0.3, 0.4) is 0 Å². The second-order valence-corrected chi connectivity index (χ2v) is 4.48. The van der Waals surface area contributed by atoms with Gasteiger partial charge in [0.05, 0.1) is 5.92 Å². The summed E-state index contributed by atoms with van der Waals surface area (Å²) < 4.78 is 12.9. The molecule has 0 saturated carbocycles. The Labute approximate surface area is 104 Å². The smallest absolute Gasteiger partial charge is 0.309 e. The zero-order valence-corrected chi connectivity index (χ0v) is 10.3. The molecule has 2 atom stereocenters. The van der Waals surface area contributed by atoms with Gasteiger partial charge in [-0.05, 0) is 25.5 Å². The molecule has 1 aromatic rings. The lowest BCUT2D eigenvalue weighted by Crippen LogP contribution is -2.37. The second-order valence-electron chi connectivity index (χ2n) is 4.07. The molecule has 2 unspecified atom stereocenters. The van der Waals surface area contributed by atoms with Gasteiger partial charge in [0.15, 0.2) is 0 Å². The van der Waals surface area contributed by atoms with Crippen molar-refractivity contribution >= 4 is 17.6 Å². The molecule has 94 valence electrons. The Morgan fingerprint density at radius 3 is 2.59 bits per heavy atom. The largest absolute Gasteiger partial charge is 0.481 e. The lowest BCUT2D eigenvalue weighted by molar-refractivity contribution is -0.152. The van der Waals surface area contributed by atoms with Gasteiger partial charge in [-0.15, -0.1) is 0 Å². The van der Waals surface area contributed by atoms with E-state index >= 15 is 0 Å². The second kappa shape index (κ2) is 5.02. The minimum Gasteiger partial charge on any atom is -0.481 e. The molecule has 0 aromatic heterocycles. The quantitative estimate of drug-likeness (QED) is 0.875. The zero-order chi connectivity index (χ0) is 13.2. The summed E-state index contributed by atoms with van der Waals surface area (Å²) in [5.41, 5.74) is -1.42. The van der Waals surface area contributed by atoms with E-state index in [2.05, 4.69) is 0 Å². The van der Waals surface area contributed by atoms with Crippen LogP contribution in [0.15, 0.2) is 18.2 Å². The van der Waals surface area contributed by atoms with Gasteiger partial charge in [-0.25, -0.2) is 4.39 Å². The van der Waals surface area contributed by atoms with Crippen molar-refractivity contribution in [1.82, 2.24) is 0 Å². The molecule has 1 rings (SSSR count). The highest BCUT2D eigenvalue weighted by Gasteiger charge is 2.39. The van der Waals surface area contributed by atoms with E-state index in [9.17, 15) is 14.3 Å². The number of carbonyl (C=O) groups is 1. The predicted molar refractivity (Wildman–Crippen MR) is 62.4 cm³/mol. The van der Waals surface area contributed by atoms with E-state index in [-0.39, 0.29) is 17.0 Å². The molecule has 0 heterocycles. The maximum Gasteiger partial charge on any atom is 0.309 e. The van der Waals surface area contributed by atoms with Gasteiger partial charge in [0.2, 0.25) is 0 Å². The number of carboxylic acid groups (broad SMARTS) is 1. The first-order valence-corrected chi connectivity index (χ1v) is 5.59. The van der Waals surface area contributed by atoms with E-state index in [4.69, 9.17) is 16.7 Å². The fourth-order valence-corrected chi connectivity index (χ4v) is 2.26. The molecule has 5 heteroatoms. The summed E-state index contributed by atoms with van der Waals surface area (Å²) in [5, 5.41) is 19.4. The Morgan fingerprint density at radius 1 is 1.59 bits per heavy atom. The summed E-state index contributed by atoms with van der Waals surface area (Å²) in [7, 11) is 0. The van der Waals surface area contributed by atoms with E-state index in [1.54, 1.807) is 6.92 Å². The summed E-state index contributed by atoms with van der Waals surface area (Å²) in [5.74, 6) is -2.64. The zero-order valence-electron chi connectivity index (χ0n) is 9.58. The third-order valence-electron chi connectivity index (χ3n) is 2.86. The third-order valence-corrected chi connectivity index (χ3v) is 3.17. The first-order chi connectivity index (χ1) is 7.80. The molecule has 3 nitrogen and oxygen atoms in total. The minimum atomic E-state index is -1.63. The molecule has 2 N–H and O–H groups in total. The van der Waals surface area contributed by atoms with Gasteiger partial charge in [0, 0.05) is 10.6 Å². The van der Waals surface area contributed by atoms with Crippen molar-refractivity contribution in [3.05, 3.63) is 34.6 Å². The van der Waals surface area contributed by atoms with Crippen LogP contribution in [0.4, 0.5) is 4.39 Å². The molecule has 1 aromatic carbocycles. The first-order valence-electron chi connectivity index (χ1n) is 5.21. The Hall–Kier alpha value is -1.13. The highest BCUT2D eigenvalue weighted by Crippen LogP contribution is 2.36. The highest BCUT2D eigenvalue weighted by molar-refractivity contribution is 6.31. The van der Waals surface area contributed by atoms with Crippen molar-refractivity contribution < 1.29 is 19.4 Å². The number of carboxylic acids is 1. The van der Waals surface area contributed by atoms with Crippen LogP contribution in [-0.2, 0) is 10.4 Å². The average Bonchev–Trinajstić information content (AvgIpc) is 2.16. The summed E-state index contributed by atoms with van der Waals surface area (Å²) >= 11 is 5.83. The Morgan fingerprint density at radius 2 is 2.18 bits per heavy atom. The van der Waals surface area contributed by atoms with E-state index in [0.29, 0.717) is 0 Å². The third kappa shape index (κ3) is 2.76. The van der Waals surface area contributed by atoms with Gasteiger partial charge in [-0.3, -0.25) is 4.79 Å². The van der Waals surface area contributed by atoms with Crippen molar-refractivity contribution in [2.24, 2.45) is 5.92 Å². The number of halogens is 2. The molecule has 0 fully saturated rings. The fraction of sp³-hybridized carbons (Fsp3) is 0.417. The molecule has 0 bridgehead atoms. The van der Waals surface area contributed by atoms with E-state index in [0.717, 1.165) is 12.1 Å². The van der Waals surface area contributed by atoms with Crippen LogP contribution in [0.25, 0.3) is 0 Å². The Bertz CT molecular complexity index is 432. The monoisotopic (exact) mass is 260 g/mol. The van der Waals surface area contributed by atoms with Crippen LogP contribution in [0.5, 0.6) is 0 Å². The van der Waals surface area contributed by atoms with Gasteiger partial charge in [-0.2, -0.15) is 0 Å². The summed E-state index contributed by atoms with van der Waals surface area (Å²) in [6, 6.07) is 3.51. The number of benzene rings is 1. The van der Waals surface area contributed by atoms with Gasteiger partial charge >= 0.3 is 5.97 Å². The molecule has 0 aliphatic rings. The van der Waals surface area contributed by atoms with Gasteiger partial charge in [-0.1, -0.05) is 24.6 Å². The molecule has 0 radical (unpaired) electrons.